The van der Waals surface area contributed by atoms with Crippen LogP contribution in [0, 0.1) is 0 Å². The van der Waals surface area contributed by atoms with Gasteiger partial charge in [-0.05, 0) is 35.4 Å². The molecule has 0 saturated heterocycles. The van der Waals surface area contributed by atoms with Gasteiger partial charge in [-0.1, -0.05) is 72.8 Å². The number of benzene rings is 4. The quantitative estimate of drug-likeness (QED) is 0.356. The van der Waals surface area contributed by atoms with Crippen LogP contribution < -0.4 is 19.7 Å². The standard InChI is InChI=1S/C24H16O3P2/c1-5-13-21-17(9-1)19-11-3-7-15-23(19)28(25-21)27-29-24-16-8-4-12-20(24)18-10-2-6-14-22(18)26-29/h1-16H. The third kappa shape index (κ3) is 2.86. The van der Waals surface area contributed by atoms with Gasteiger partial charge >= 0.3 is 0 Å². The number of hydrogen-bond acceptors (Lipinski definition) is 3. The first-order chi connectivity index (χ1) is 14.4. The molecule has 0 spiro atoms. The lowest BCUT2D eigenvalue weighted by Gasteiger charge is -2.32. The second-order valence-electron chi connectivity index (χ2n) is 6.81. The summed E-state index contributed by atoms with van der Waals surface area (Å²) in [6.45, 7) is 0. The van der Waals surface area contributed by atoms with Crippen LogP contribution in [0.5, 0.6) is 11.5 Å². The summed E-state index contributed by atoms with van der Waals surface area (Å²) in [6, 6.07) is 32.9. The third-order valence-corrected chi connectivity index (χ3v) is 8.55. The molecule has 0 radical (unpaired) electrons. The smallest absolute Gasteiger partial charge is 0.272 e. The Hall–Kier alpha value is -2.70. The van der Waals surface area contributed by atoms with Crippen molar-refractivity contribution in [1.82, 2.24) is 0 Å². The molecule has 140 valence electrons. The van der Waals surface area contributed by atoms with Crippen molar-refractivity contribution in [3.8, 4) is 33.8 Å². The van der Waals surface area contributed by atoms with Gasteiger partial charge in [0.05, 0.1) is 10.6 Å². The van der Waals surface area contributed by atoms with Crippen molar-refractivity contribution in [1.29, 1.82) is 0 Å². The largest absolute Gasteiger partial charge is 0.443 e. The Morgan fingerprint density at radius 3 is 1.31 bits per heavy atom. The highest BCUT2D eigenvalue weighted by Gasteiger charge is 2.35. The lowest BCUT2D eigenvalue weighted by atomic mass is 10.0. The fourth-order valence-electron chi connectivity index (χ4n) is 3.72. The van der Waals surface area contributed by atoms with Crippen molar-refractivity contribution in [3.05, 3.63) is 97.1 Å². The van der Waals surface area contributed by atoms with Crippen LogP contribution in [0.4, 0.5) is 0 Å². The van der Waals surface area contributed by atoms with E-state index in [2.05, 4.69) is 48.5 Å². The summed E-state index contributed by atoms with van der Waals surface area (Å²) < 4.78 is 19.3. The highest BCUT2D eigenvalue weighted by molar-refractivity contribution is 7.69. The normalized spacial score (nSPS) is 18.3. The maximum absolute atomic E-state index is 6.58. The molecule has 4 aromatic carbocycles. The Morgan fingerprint density at radius 2 is 0.828 bits per heavy atom. The molecule has 6 rings (SSSR count). The first-order valence-electron chi connectivity index (χ1n) is 9.40. The van der Waals surface area contributed by atoms with Crippen LogP contribution in [0.25, 0.3) is 22.3 Å². The van der Waals surface area contributed by atoms with E-state index in [1.54, 1.807) is 0 Å². The van der Waals surface area contributed by atoms with E-state index in [4.69, 9.17) is 13.4 Å². The van der Waals surface area contributed by atoms with Crippen LogP contribution in [-0.4, -0.2) is 0 Å². The van der Waals surface area contributed by atoms with E-state index in [9.17, 15) is 0 Å². The minimum Gasteiger partial charge on any atom is -0.443 e. The Kier molecular flexibility index (Phi) is 4.13. The molecule has 5 heteroatoms. The van der Waals surface area contributed by atoms with Gasteiger partial charge in [-0.15, -0.1) is 0 Å². The summed E-state index contributed by atoms with van der Waals surface area (Å²) in [6.07, 6.45) is 0. The Morgan fingerprint density at radius 1 is 0.448 bits per heavy atom. The monoisotopic (exact) mass is 414 g/mol. The van der Waals surface area contributed by atoms with E-state index in [1.165, 1.54) is 11.1 Å². The zero-order valence-electron chi connectivity index (χ0n) is 15.4. The van der Waals surface area contributed by atoms with Crippen LogP contribution in [0.2, 0.25) is 0 Å². The predicted octanol–water partition coefficient (Wildman–Crippen LogP) is 6.40. The number of para-hydroxylation sites is 2. The maximum atomic E-state index is 6.58. The van der Waals surface area contributed by atoms with Crippen molar-refractivity contribution in [3.63, 3.8) is 0 Å². The molecule has 0 saturated carbocycles. The van der Waals surface area contributed by atoms with Gasteiger partial charge in [0.2, 0.25) is 0 Å². The molecule has 2 aliphatic heterocycles. The van der Waals surface area contributed by atoms with Crippen LogP contribution in [-0.2, 0) is 4.31 Å². The Balaban J connectivity index is 1.41. The molecule has 2 aliphatic rings. The number of rotatable bonds is 2. The lowest BCUT2D eigenvalue weighted by Crippen LogP contribution is -2.19. The zero-order valence-corrected chi connectivity index (χ0v) is 17.1. The molecule has 4 aromatic rings. The van der Waals surface area contributed by atoms with E-state index < -0.39 is 16.8 Å². The van der Waals surface area contributed by atoms with Crippen molar-refractivity contribution < 1.29 is 13.4 Å². The van der Waals surface area contributed by atoms with Gasteiger partial charge in [0.1, 0.15) is 11.5 Å². The topological polar surface area (TPSA) is 27.7 Å². The SMILES string of the molecule is c1ccc2c(c1)OP(OP1Oc3ccccc3-c3ccccc31)c1ccccc1-2. The molecule has 0 bridgehead atoms. The Bertz CT molecular complexity index is 1130. The second kappa shape index (κ2) is 6.97. The van der Waals surface area contributed by atoms with Crippen molar-refractivity contribution in [2.75, 3.05) is 0 Å². The van der Waals surface area contributed by atoms with Gasteiger partial charge in [0, 0.05) is 11.1 Å². The molecule has 0 aliphatic carbocycles. The highest BCUT2D eigenvalue weighted by atomic mass is 31.2. The summed E-state index contributed by atoms with van der Waals surface area (Å²) >= 11 is 0. The van der Waals surface area contributed by atoms with E-state index in [1.807, 2.05) is 48.5 Å². The molecular formula is C24H16O3P2. The van der Waals surface area contributed by atoms with Crippen molar-refractivity contribution in [2.24, 2.45) is 0 Å². The first kappa shape index (κ1) is 17.2. The van der Waals surface area contributed by atoms with E-state index >= 15 is 0 Å². The highest BCUT2D eigenvalue weighted by Crippen LogP contribution is 2.60. The van der Waals surface area contributed by atoms with E-state index in [0.29, 0.717) is 0 Å². The predicted molar refractivity (Wildman–Crippen MR) is 119 cm³/mol. The van der Waals surface area contributed by atoms with Gasteiger partial charge in [-0.2, -0.15) is 0 Å². The Labute approximate surface area is 171 Å². The van der Waals surface area contributed by atoms with Crippen molar-refractivity contribution >= 4 is 27.4 Å². The van der Waals surface area contributed by atoms with Crippen molar-refractivity contribution in [2.45, 2.75) is 0 Å². The van der Waals surface area contributed by atoms with Gasteiger partial charge in [-0.3, -0.25) is 4.31 Å². The second-order valence-corrected chi connectivity index (χ2v) is 9.82. The zero-order chi connectivity index (χ0) is 19.2. The van der Waals surface area contributed by atoms with Gasteiger partial charge in [0.15, 0.2) is 0 Å². The van der Waals surface area contributed by atoms with Gasteiger partial charge in [0.25, 0.3) is 16.8 Å². The molecule has 29 heavy (non-hydrogen) atoms. The molecule has 0 aromatic heterocycles. The molecule has 2 unspecified atom stereocenters. The fraction of sp³-hybridized carbons (Fsp3) is 0. The molecule has 0 N–H and O–H groups in total. The molecular weight excluding hydrogens is 398 g/mol. The van der Waals surface area contributed by atoms with Crippen LogP contribution in [0.3, 0.4) is 0 Å². The third-order valence-electron chi connectivity index (χ3n) is 5.07. The fourth-order valence-corrected chi connectivity index (χ4v) is 7.30. The summed E-state index contributed by atoms with van der Waals surface area (Å²) in [4.78, 5) is 0. The molecule has 3 nitrogen and oxygen atoms in total. The van der Waals surface area contributed by atoms with Crippen LogP contribution in [0.1, 0.15) is 0 Å². The summed E-state index contributed by atoms with van der Waals surface area (Å²) in [5.41, 5.74) is 4.55. The summed E-state index contributed by atoms with van der Waals surface area (Å²) in [7, 11) is -2.61. The van der Waals surface area contributed by atoms with Gasteiger partial charge < -0.3 is 9.05 Å². The van der Waals surface area contributed by atoms with Crippen LogP contribution >= 0.6 is 16.8 Å². The molecule has 2 atom stereocenters. The minimum absolute atomic E-state index is 0.859. The molecule has 2 heterocycles. The molecule has 0 amide bonds. The number of fused-ring (bicyclic) bond motifs is 6. The van der Waals surface area contributed by atoms with Gasteiger partial charge in [-0.25, -0.2) is 0 Å². The lowest BCUT2D eigenvalue weighted by molar-refractivity contribution is 0.478. The molecule has 0 fully saturated rings. The number of hydrogen-bond donors (Lipinski definition) is 0. The maximum Gasteiger partial charge on any atom is 0.272 e. The average Bonchev–Trinajstić information content (AvgIpc) is 2.79. The minimum atomic E-state index is -1.31. The van der Waals surface area contributed by atoms with E-state index in [0.717, 1.165) is 33.2 Å². The van der Waals surface area contributed by atoms with Crippen LogP contribution in [0.15, 0.2) is 97.1 Å². The summed E-state index contributed by atoms with van der Waals surface area (Å²) in [5.74, 6) is 1.72. The average molecular weight is 414 g/mol. The first-order valence-corrected chi connectivity index (χ1v) is 11.8. The van der Waals surface area contributed by atoms with E-state index in [-0.39, 0.29) is 0 Å². The summed E-state index contributed by atoms with van der Waals surface area (Å²) in [5, 5.41) is 2.17.